The van der Waals surface area contributed by atoms with E-state index in [-0.39, 0.29) is 23.6 Å². The molecule has 295 valence electrons. The first kappa shape index (κ1) is 43.5. The zero-order chi connectivity index (χ0) is 40.5. The van der Waals surface area contributed by atoms with E-state index in [4.69, 9.17) is 26.6 Å². The van der Waals surface area contributed by atoms with E-state index < -0.39 is 26.5 Å². The molecule has 0 radical (unpaired) electrons. The van der Waals surface area contributed by atoms with Crippen LogP contribution in [-0.2, 0) is 46.7 Å². The number of aromatic nitrogens is 4. The maximum atomic E-state index is 13.8. The minimum atomic E-state index is -1.44. The summed E-state index contributed by atoms with van der Waals surface area (Å²) in [5, 5.41) is 16.8. The third-order valence-corrected chi connectivity index (χ3v) is 8.24. The van der Waals surface area contributed by atoms with Gasteiger partial charge in [-0.05, 0) is 91.1 Å². The van der Waals surface area contributed by atoms with Gasteiger partial charge in [-0.15, -0.1) is 0 Å². The van der Waals surface area contributed by atoms with Crippen molar-refractivity contribution in [2.24, 2.45) is 11.8 Å². The molecule has 1 N–H and O–H groups in total. The fourth-order valence-electron chi connectivity index (χ4n) is 5.51. The van der Waals surface area contributed by atoms with Crippen molar-refractivity contribution in [1.29, 1.82) is 0 Å². The normalized spacial score (nSPS) is 11.9. The topological polar surface area (TPSA) is 159 Å². The molecule has 14 heteroatoms. The van der Waals surface area contributed by atoms with Crippen LogP contribution in [0.15, 0.2) is 94.0 Å². The monoisotopic (exact) mass is 809 g/mol. The molecule has 1 fully saturated rings. The number of carbonyl (C=O) groups excluding carboxylic acids is 1. The number of ether oxygens (including phenoxy) is 1. The number of halogens is 2. The van der Waals surface area contributed by atoms with E-state index in [2.05, 4.69) is 60.1 Å². The van der Waals surface area contributed by atoms with Crippen molar-refractivity contribution in [2.45, 2.75) is 60.0 Å². The maximum absolute atomic E-state index is 13.8. The van der Waals surface area contributed by atoms with Crippen LogP contribution in [0.1, 0.15) is 67.6 Å². The van der Waals surface area contributed by atoms with E-state index in [1.807, 2.05) is 36.4 Å². The quantitative estimate of drug-likeness (QED) is 0.104. The minimum absolute atomic E-state index is 0.00297. The van der Waals surface area contributed by atoms with Crippen LogP contribution in [-0.4, -0.2) is 44.9 Å². The molecule has 4 aromatic carbocycles. The Labute approximate surface area is 330 Å². The van der Waals surface area contributed by atoms with Crippen LogP contribution >= 0.6 is 0 Å². The molecule has 0 amide bonds. The van der Waals surface area contributed by atoms with Crippen molar-refractivity contribution in [3.63, 3.8) is 0 Å². The summed E-state index contributed by atoms with van der Waals surface area (Å²) in [5.41, 5.74) is 5.36. The van der Waals surface area contributed by atoms with Crippen molar-refractivity contribution >= 4 is 6.29 Å². The van der Waals surface area contributed by atoms with Gasteiger partial charge in [-0.1, -0.05) is 80.5 Å². The summed E-state index contributed by atoms with van der Waals surface area (Å²) in [4.78, 5) is 19.3. The zero-order valence-corrected chi connectivity index (χ0v) is 32.8. The molecular formula is C42H44F2MnN4O7. The second-order valence-electron chi connectivity index (χ2n) is 13.6. The van der Waals surface area contributed by atoms with Crippen LogP contribution in [0.2, 0.25) is 0 Å². The number of nitrogens with zero attached hydrogens (tertiary/aromatic N) is 4. The van der Waals surface area contributed by atoms with Crippen LogP contribution in [0.4, 0.5) is 8.78 Å². The van der Waals surface area contributed by atoms with Gasteiger partial charge < -0.3 is 18.9 Å². The molecule has 56 heavy (non-hydrogen) atoms. The van der Waals surface area contributed by atoms with Crippen LogP contribution < -0.4 is 0 Å². The Morgan fingerprint density at radius 2 is 1.11 bits per heavy atom. The second-order valence-corrected chi connectivity index (χ2v) is 13.8. The number of aldehydes is 1. The zero-order valence-electron chi connectivity index (χ0n) is 31.6. The summed E-state index contributed by atoms with van der Waals surface area (Å²) < 4.78 is 59.8. The number of aliphatic hydroxyl groups excluding tert-OH is 1. The predicted molar refractivity (Wildman–Crippen MR) is 200 cm³/mol. The summed E-state index contributed by atoms with van der Waals surface area (Å²) in [6, 6.07) is 24.6. The Hall–Kier alpha value is -5.27. The summed E-state index contributed by atoms with van der Waals surface area (Å²) >= 11 is -1.44. The van der Waals surface area contributed by atoms with Crippen LogP contribution in [0.25, 0.3) is 45.7 Å². The predicted octanol–water partition coefficient (Wildman–Crippen LogP) is 9.34. The molecule has 1 aliphatic rings. The van der Waals surface area contributed by atoms with Crippen LogP contribution in [0.3, 0.4) is 0 Å². The number of benzene rings is 4. The number of hydrogen-bond acceptors (Lipinski definition) is 11. The summed E-state index contributed by atoms with van der Waals surface area (Å²) in [6.45, 7) is 10.4. The Balaban J connectivity index is 0.000000208. The molecule has 1 saturated heterocycles. The van der Waals surface area contributed by atoms with Gasteiger partial charge in [-0.25, -0.2) is 8.78 Å². The van der Waals surface area contributed by atoms with E-state index in [1.165, 1.54) is 48.2 Å². The van der Waals surface area contributed by atoms with Gasteiger partial charge in [0.1, 0.15) is 11.6 Å². The summed E-state index contributed by atoms with van der Waals surface area (Å²) in [5.74, 6) is 1.48. The fraction of sp³-hybridized carbons (Fsp3) is 0.310. The van der Waals surface area contributed by atoms with Crippen molar-refractivity contribution in [2.75, 3.05) is 13.2 Å². The van der Waals surface area contributed by atoms with Gasteiger partial charge in [0.05, 0.1) is 12.2 Å². The molecular weight excluding hydrogens is 765 g/mol. The SMILES string of the molecule is C1CCOC1.CC(C)Cc1ccc(-c2nc(-c3ccc(C=O)c(F)c3)no2)cc1.CC(C)Cc1ccc(-c2nc(-c3ccc(CO)c(F)c3)no2)cc1.[O]=[Mn]=[O]. The Kier molecular flexibility index (Phi) is 17.3. The summed E-state index contributed by atoms with van der Waals surface area (Å²) in [7, 11) is 0. The van der Waals surface area contributed by atoms with E-state index in [0.717, 1.165) is 37.2 Å². The molecule has 11 nitrogen and oxygen atoms in total. The number of rotatable bonds is 10. The molecule has 0 saturated carbocycles. The first-order valence-electron chi connectivity index (χ1n) is 18.0. The Morgan fingerprint density at radius 3 is 1.46 bits per heavy atom. The number of hydrogen-bond donors (Lipinski definition) is 1. The van der Waals surface area contributed by atoms with Crippen molar-refractivity contribution < 1.29 is 55.0 Å². The van der Waals surface area contributed by atoms with Gasteiger partial charge >= 0.3 is 22.5 Å². The van der Waals surface area contributed by atoms with Crippen molar-refractivity contribution in [3.05, 3.63) is 119 Å². The molecule has 6 aromatic rings. The standard InChI is InChI=1S/C19H19FN2O2.C19H17FN2O2.C4H8O.Mn.2O/c2*1-12(2)9-13-3-5-14(6-4-13)19-21-18(22-24-19)15-7-8-16(11-23)17(20)10-15;1-2-4-5-3-1;;;/h3-8,10,12,23H,9,11H2,1-2H3;3-8,10-12H,9H2,1-2H3;1-4H2;;;. The third-order valence-electron chi connectivity index (χ3n) is 8.24. The van der Waals surface area contributed by atoms with Gasteiger partial charge in [0.2, 0.25) is 11.6 Å². The molecule has 0 aliphatic carbocycles. The number of aliphatic hydroxyl groups is 1. The van der Waals surface area contributed by atoms with Crippen molar-refractivity contribution in [1.82, 2.24) is 20.3 Å². The second kappa shape index (κ2) is 22.3. The van der Waals surface area contributed by atoms with Crippen LogP contribution in [0, 0.1) is 23.5 Å². The Bertz CT molecular complexity index is 2150. The molecule has 7 rings (SSSR count). The first-order chi connectivity index (χ1) is 27.0. The molecule has 2 aromatic heterocycles. The molecule has 0 spiro atoms. The average Bonchev–Trinajstić information content (AvgIpc) is 4.01. The summed E-state index contributed by atoms with van der Waals surface area (Å²) in [6.07, 6.45) is 5.06. The third kappa shape index (κ3) is 13.2. The van der Waals surface area contributed by atoms with E-state index in [0.29, 0.717) is 46.9 Å². The molecule has 1 aliphatic heterocycles. The van der Waals surface area contributed by atoms with Gasteiger partial charge in [-0.2, -0.15) is 9.97 Å². The average molecular weight is 810 g/mol. The fourth-order valence-corrected chi connectivity index (χ4v) is 5.51. The van der Waals surface area contributed by atoms with E-state index >= 15 is 0 Å². The van der Waals surface area contributed by atoms with Gasteiger partial charge in [0.25, 0.3) is 11.8 Å². The van der Waals surface area contributed by atoms with E-state index in [1.54, 1.807) is 12.1 Å². The Morgan fingerprint density at radius 1 is 0.679 bits per heavy atom. The van der Waals surface area contributed by atoms with Gasteiger partial charge in [0.15, 0.2) is 6.29 Å². The van der Waals surface area contributed by atoms with E-state index in [9.17, 15) is 13.6 Å². The molecule has 3 heterocycles. The van der Waals surface area contributed by atoms with Crippen molar-refractivity contribution in [3.8, 4) is 45.7 Å². The van der Waals surface area contributed by atoms with Gasteiger partial charge in [-0.3, -0.25) is 4.79 Å². The molecule has 0 atom stereocenters. The molecule has 0 unspecified atom stereocenters. The number of carbonyl (C=O) groups is 1. The van der Waals surface area contributed by atoms with Gasteiger partial charge in [0, 0.05) is 41.0 Å². The molecule has 0 bridgehead atoms. The first-order valence-corrected chi connectivity index (χ1v) is 19.0. The van der Waals surface area contributed by atoms with Crippen LogP contribution in [0.5, 0.6) is 0 Å².